The van der Waals surface area contributed by atoms with E-state index in [9.17, 15) is 18.0 Å². The normalized spacial score (nSPS) is 10.2. The number of amides is 2. The van der Waals surface area contributed by atoms with E-state index in [0.717, 1.165) is 24.3 Å². The van der Waals surface area contributed by atoms with Crippen molar-refractivity contribution in [2.75, 3.05) is 10.6 Å². The first-order chi connectivity index (χ1) is 9.45. The van der Waals surface area contributed by atoms with Crippen LogP contribution >= 0.6 is 11.6 Å². The van der Waals surface area contributed by atoms with E-state index >= 15 is 0 Å². The summed E-state index contributed by atoms with van der Waals surface area (Å²) in [5.41, 5.74) is -0.531. The molecule has 0 aliphatic carbocycles. The summed E-state index contributed by atoms with van der Waals surface area (Å²) >= 11 is 5.66. The minimum Gasteiger partial charge on any atom is -0.305 e. The van der Waals surface area contributed by atoms with Gasteiger partial charge in [-0.2, -0.15) is 0 Å². The van der Waals surface area contributed by atoms with Gasteiger partial charge in [-0.1, -0.05) is 11.6 Å². The molecule has 0 aromatic heterocycles. The summed E-state index contributed by atoms with van der Waals surface area (Å²) < 4.78 is 39.6. The van der Waals surface area contributed by atoms with Gasteiger partial charge in [0.25, 0.3) is 0 Å². The van der Waals surface area contributed by atoms with Crippen molar-refractivity contribution < 1.29 is 18.0 Å². The Balaban J connectivity index is 2.13. The van der Waals surface area contributed by atoms with Crippen LogP contribution in [0.3, 0.4) is 0 Å². The Hall–Kier alpha value is -2.21. The molecule has 0 aliphatic rings. The average Bonchev–Trinajstić information content (AvgIpc) is 2.38. The van der Waals surface area contributed by atoms with Crippen molar-refractivity contribution in [1.29, 1.82) is 0 Å². The molecule has 0 radical (unpaired) electrons. The van der Waals surface area contributed by atoms with Crippen LogP contribution in [0.1, 0.15) is 0 Å². The monoisotopic (exact) mass is 300 g/mol. The Morgan fingerprint density at radius 2 is 1.45 bits per heavy atom. The van der Waals surface area contributed by atoms with Crippen LogP contribution in [0.2, 0.25) is 5.02 Å². The van der Waals surface area contributed by atoms with Gasteiger partial charge in [0, 0.05) is 11.1 Å². The Morgan fingerprint density at radius 1 is 0.900 bits per heavy atom. The van der Waals surface area contributed by atoms with Crippen LogP contribution in [0.5, 0.6) is 0 Å². The lowest BCUT2D eigenvalue weighted by molar-refractivity contribution is 0.262. The number of benzene rings is 2. The molecule has 2 rings (SSSR count). The molecule has 2 aromatic carbocycles. The predicted molar refractivity (Wildman–Crippen MR) is 70.4 cm³/mol. The number of halogens is 4. The zero-order valence-electron chi connectivity index (χ0n) is 9.88. The molecular weight excluding hydrogens is 293 g/mol. The highest BCUT2D eigenvalue weighted by Gasteiger charge is 2.10. The second kappa shape index (κ2) is 5.83. The second-order valence-electron chi connectivity index (χ2n) is 3.83. The molecule has 3 nitrogen and oxygen atoms in total. The zero-order valence-corrected chi connectivity index (χ0v) is 10.6. The molecule has 2 amide bonds. The number of nitrogens with one attached hydrogen (secondary N) is 2. The van der Waals surface area contributed by atoms with Gasteiger partial charge in [0.2, 0.25) is 0 Å². The molecule has 0 heterocycles. The Bertz CT molecular complexity index is 609. The van der Waals surface area contributed by atoms with Gasteiger partial charge in [0.15, 0.2) is 0 Å². The zero-order chi connectivity index (χ0) is 14.7. The fourth-order valence-electron chi connectivity index (χ4n) is 1.46. The highest BCUT2D eigenvalue weighted by atomic mass is 35.5. The van der Waals surface area contributed by atoms with Crippen molar-refractivity contribution in [3.05, 3.63) is 58.9 Å². The standard InChI is InChI=1S/C13H8ClF3N2O/c14-7-1-3-9(16)11(5-7)18-13(20)19-12-6-8(15)2-4-10(12)17/h1-6H,(H2,18,19,20). The minimum absolute atomic E-state index is 0.174. The number of carbonyl (C=O) groups is 1. The lowest BCUT2D eigenvalue weighted by Crippen LogP contribution is -2.20. The van der Waals surface area contributed by atoms with Crippen LogP contribution in [0, 0.1) is 17.5 Å². The summed E-state index contributed by atoms with van der Waals surface area (Å²) in [6.07, 6.45) is 0. The first-order valence-corrected chi connectivity index (χ1v) is 5.81. The Labute approximate surface area is 117 Å². The van der Waals surface area contributed by atoms with Gasteiger partial charge in [-0.3, -0.25) is 0 Å². The largest absolute Gasteiger partial charge is 0.323 e. The third-order valence-corrected chi connectivity index (χ3v) is 2.59. The summed E-state index contributed by atoms with van der Waals surface area (Å²) in [7, 11) is 0. The van der Waals surface area contributed by atoms with Crippen LogP contribution in [-0.2, 0) is 0 Å². The fourth-order valence-corrected chi connectivity index (χ4v) is 1.63. The number of anilines is 2. The molecule has 104 valence electrons. The van der Waals surface area contributed by atoms with Gasteiger partial charge >= 0.3 is 6.03 Å². The third-order valence-electron chi connectivity index (χ3n) is 2.35. The fraction of sp³-hybridized carbons (Fsp3) is 0. The molecule has 0 fully saturated rings. The molecule has 2 N–H and O–H groups in total. The van der Waals surface area contributed by atoms with E-state index in [1.54, 1.807) is 0 Å². The first-order valence-electron chi connectivity index (χ1n) is 5.44. The predicted octanol–water partition coefficient (Wildman–Crippen LogP) is 4.40. The van der Waals surface area contributed by atoms with Crippen molar-refractivity contribution in [2.24, 2.45) is 0 Å². The highest BCUT2D eigenvalue weighted by molar-refractivity contribution is 6.30. The number of urea groups is 1. The maximum Gasteiger partial charge on any atom is 0.323 e. The molecule has 0 bridgehead atoms. The number of hydrogen-bond acceptors (Lipinski definition) is 1. The van der Waals surface area contributed by atoms with Crippen LogP contribution in [0.15, 0.2) is 36.4 Å². The van der Waals surface area contributed by atoms with Gasteiger partial charge in [-0.25, -0.2) is 18.0 Å². The average molecular weight is 301 g/mol. The van der Waals surface area contributed by atoms with E-state index in [4.69, 9.17) is 11.6 Å². The molecule has 0 spiro atoms. The maximum atomic E-state index is 13.4. The van der Waals surface area contributed by atoms with E-state index in [0.29, 0.717) is 0 Å². The summed E-state index contributed by atoms with van der Waals surface area (Å²) in [6.45, 7) is 0. The van der Waals surface area contributed by atoms with Crippen LogP contribution in [0.4, 0.5) is 29.3 Å². The van der Waals surface area contributed by atoms with Crippen molar-refractivity contribution in [3.8, 4) is 0 Å². The third kappa shape index (κ3) is 3.42. The van der Waals surface area contributed by atoms with Crippen molar-refractivity contribution in [1.82, 2.24) is 0 Å². The van der Waals surface area contributed by atoms with Crippen LogP contribution in [0.25, 0.3) is 0 Å². The Kier molecular flexibility index (Phi) is 4.14. The van der Waals surface area contributed by atoms with Gasteiger partial charge in [0.05, 0.1) is 11.4 Å². The molecule has 0 atom stereocenters. The lowest BCUT2D eigenvalue weighted by atomic mass is 10.3. The smallest absolute Gasteiger partial charge is 0.305 e. The molecule has 0 saturated heterocycles. The number of hydrogen-bond donors (Lipinski definition) is 2. The van der Waals surface area contributed by atoms with Gasteiger partial charge in [-0.05, 0) is 30.3 Å². The molecule has 0 aliphatic heterocycles. The quantitative estimate of drug-likeness (QED) is 0.848. The highest BCUT2D eigenvalue weighted by Crippen LogP contribution is 2.20. The molecule has 0 saturated carbocycles. The van der Waals surface area contributed by atoms with Gasteiger partial charge in [-0.15, -0.1) is 0 Å². The summed E-state index contributed by atoms with van der Waals surface area (Å²) in [5.74, 6) is -2.23. The molecular formula is C13H8ClF3N2O. The van der Waals surface area contributed by atoms with Gasteiger partial charge in [0.1, 0.15) is 17.5 Å². The van der Waals surface area contributed by atoms with Crippen molar-refractivity contribution in [3.63, 3.8) is 0 Å². The van der Waals surface area contributed by atoms with Crippen molar-refractivity contribution >= 4 is 29.0 Å². The summed E-state index contributed by atoms with van der Waals surface area (Å²) in [5, 5.41) is 4.44. The Morgan fingerprint density at radius 3 is 2.10 bits per heavy atom. The van der Waals surface area contributed by atoms with Crippen LogP contribution < -0.4 is 10.6 Å². The number of rotatable bonds is 2. The molecule has 20 heavy (non-hydrogen) atoms. The summed E-state index contributed by atoms with van der Waals surface area (Å²) in [4.78, 5) is 11.6. The molecule has 7 heteroatoms. The van der Waals surface area contributed by atoms with E-state index < -0.39 is 23.5 Å². The topological polar surface area (TPSA) is 41.1 Å². The molecule has 0 unspecified atom stereocenters. The number of carbonyl (C=O) groups excluding carboxylic acids is 1. The summed E-state index contributed by atoms with van der Waals surface area (Å²) in [6, 6.07) is 5.24. The van der Waals surface area contributed by atoms with E-state index in [1.807, 2.05) is 0 Å². The van der Waals surface area contributed by atoms with E-state index in [2.05, 4.69) is 10.6 Å². The maximum absolute atomic E-state index is 13.4. The lowest BCUT2D eigenvalue weighted by Gasteiger charge is -2.09. The second-order valence-corrected chi connectivity index (χ2v) is 4.26. The SMILES string of the molecule is O=C(Nc1cc(F)ccc1F)Nc1cc(Cl)ccc1F. The van der Waals surface area contributed by atoms with Crippen LogP contribution in [-0.4, -0.2) is 6.03 Å². The first kappa shape index (κ1) is 14.2. The van der Waals surface area contributed by atoms with Crippen molar-refractivity contribution in [2.45, 2.75) is 0 Å². The minimum atomic E-state index is -0.921. The molecule has 2 aromatic rings. The van der Waals surface area contributed by atoms with E-state index in [1.165, 1.54) is 12.1 Å². The van der Waals surface area contributed by atoms with Gasteiger partial charge < -0.3 is 10.6 Å². The van der Waals surface area contributed by atoms with E-state index in [-0.39, 0.29) is 16.4 Å².